The molecule has 0 bridgehead atoms. The van der Waals surface area contributed by atoms with Crippen LogP contribution >= 0.6 is 0 Å². The number of methoxy groups -OCH3 is 1. The lowest BCUT2D eigenvalue weighted by Gasteiger charge is -2.55. The Bertz CT molecular complexity index is 2210. The molecule has 1 aliphatic heterocycles. The lowest BCUT2D eigenvalue weighted by molar-refractivity contribution is -0.384. The van der Waals surface area contributed by atoms with Crippen LogP contribution in [-0.4, -0.2) is 40.5 Å². The molecule has 4 aliphatic rings. The molecule has 0 spiro atoms. The maximum atomic E-state index is 15.1. The Balaban J connectivity index is 1.36. The zero-order valence-electron chi connectivity index (χ0n) is 27.5. The molecule has 0 aromatic heterocycles. The van der Waals surface area contributed by atoms with Crippen LogP contribution < -0.4 is 9.64 Å². The summed E-state index contributed by atoms with van der Waals surface area (Å²) in [5.74, 6) is -5.85. The summed E-state index contributed by atoms with van der Waals surface area (Å²) in [7, 11) is 1.43. The number of amides is 2. The third kappa shape index (κ3) is 4.62. The molecule has 1 saturated carbocycles. The summed E-state index contributed by atoms with van der Waals surface area (Å²) < 4.78 is 5.51. The molecule has 0 radical (unpaired) electrons. The van der Waals surface area contributed by atoms with Gasteiger partial charge in [-0.1, -0.05) is 90.5 Å². The summed E-state index contributed by atoms with van der Waals surface area (Å²) in [6, 6.07) is 28.5. The van der Waals surface area contributed by atoms with Crippen LogP contribution in [-0.2, 0) is 24.6 Å². The highest BCUT2D eigenvalue weighted by molar-refractivity contribution is 6.32. The van der Waals surface area contributed by atoms with Crippen molar-refractivity contribution in [3.05, 3.63) is 148 Å². The molecule has 10 heteroatoms. The maximum Gasteiger partial charge on any atom is 0.271 e. The van der Waals surface area contributed by atoms with Gasteiger partial charge in [-0.25, -0.2) is 4.90 Å². The monoisotopic (exact) mass is 680 g/mol. The molecule has 254 valence electrons. The number of aromatic hydroxyl groups is 1. The fraction of sp³-hybridized carbons (Fsp3) is 0.220. The van der Waals surface area contributed by atoms with Crippen molar-refractivity contribution in [1.82, 2.24) is 0 Å². The average Bonchev–Trinajstić information content (AvgIpc) is 3.42. The quantitative estimate of drug-likeness (QED) is 0.108. The van der Waals surface area contributed by atoms with E-state index in [2.05, 4.69) is 0 Å². The summed E-state index contributed by atoms with van der Waals surface area (Å²) in [6.07, 6.45) is 3.56. The number of anilines is 1. The van der Waals surface area contributed by atoms with E-state index in [0.29, 0.717) is 22.3 Å². The highest BCUT2D eigenvalue weighted by atomic mass is 16.6. The van der Waals surface area contributed by atoms with Crippen LogP contribution in [0, 0.1) is 33.8 Å². The molecule has 8 rings (SSSR count). The van der Waals surface area contributed by atoms with Gasteiger partial charge in [-0.2, -0.15) is 0 Å². The smallest absolute Gasteiger partial charge is 0.271 e. The number of para-hydroxylation sites is 1. The second-order valence-corrected chi connectivity index (χ2v) is 13.5. The Labute approximate surface area is 292 Å². The number of ether oxygens (including phenoxy) is 1. The van der Waals surface area contributed by atoms with E-state index in [1.54, 1.807) is 42.5 Å². The number of benzene rings is 4. The molecule has 1 saturated heterocycles. The number of nitro benzene ring substituents is 1. The first kappa shape index (κ1) is 32.1. The van der Waals surface area contributed by atoms with E-state index in [-0.39, 0.29) is 52.9 Å². The molecule has 0 unspecified atom stereocenters. The Morgan fingerprint density at radius 1 is 0.863 bits per heavy atom. The summed E-state index contributed by atoms with van der Waals surface area (Å²) in [5.41, 5.74) is 0.820. The van der Waals surface area contributed by atoms with Gasteiger partial charge in [-0.15, -0.1) is 0 Å². The number of allylic oxidation sites excluding steroid dienone is 4. The number of carbonyl (C=O) groups excluding carboxylic acids is 4. The lowest BCUT2D eigenvalue weighted by Crippen LogP contribution is -2.58. The van der Waals surface area contributed by atoms with Crippen LogP contribution in [0.15, 0.2) is 121 Å². The van der Waals surface area contributed by atoms with Crippen molar-refractivity contribution < 1.29 is 33.9 Å². The number of carbonyl (C=O) groups is 4. The number of fused-ring (bicyclic) bond motifs is 4. The highest BCUT2D eigenvalue weighted by Crippen LogP contribution is 2.65. The van der Waals surface area contributed by atoms with Crippen LogP contribution in [0.4, 0.5) is 11.4 Å². The van der Waals surface area contributed by atoms with Gasteiger partial charge in [0.1, 0.15) is 0 Å². The van der Waals surface area contributed by atoms with Gasteiger partial charge < -0.3 is 9.84 Å². The number of ketones is 2. The number of hydrogen-bond donors (Lipinski definition) is 1. The third-order valence-corrected chi connectivity index (χ3v) is 11.2. The molecule has 51 heavy (non-hydrogen) atoms. The van der Waals surface area contributed by atoms with E-state index in [9.17, 15) is 24.8 Å². The normalized spacial score (nSPS) is 26.8. The zero-order chi connectivity index (χ0) is 35.6. The van der Waals surface area contributed by atoms with E-state index in [0.717, 1.165) is 4.90 Å². The predicted molar refractivity (Wildman–Crippen MR) is 187 cm³/mol. The van der Waals surface area contributed by atoms with Crippen molar-refractivity contribution in [2.45, 2.75) is 24.2 Å². The minimum Gasteiger partial charge on any atom is -0.504 e. The lowest BCUT2D eigenvalue weighted by atomic mass is 9.44. The summed E-state index contributed by atoms with van der Waals surface area (Å²) in [6.45, 7) is 0. The Morgan fingerprint density at radius 2 is 1.57 bits per heavy atom. The first-order valence-electron chi connectivity index (χ1n) is 16.8. The largest absolute Gasteiger partial charge is 0.504 e. The number of phenolic OH excluding ortho intramolecular Hbond substituents is 1. The number of rotatable bonds is 6. The average molecular weight is 681 g/mol. The zero-order valence-corrected chi connectivity index (χ0v) is 27.5. The van der Waals surface area contributed by atoms with E-state index < -0.39 is 51.7 Å². The maximum absolute atomic E-state index is 15.1. The van der Waals surface area contributed by atoms with Gasteiger partial charge >= 0.3 is 0 Å². The SMILES string of the molecule is COc1cccc([C@H]2C3=CC[C@@H]4C(=O)N(c5cccc([N+](=O)[O-])c5)C(=O)[C@@H]4[C@@H]3C[C@H]3C(=O)C(c4ccccc4)=CC(=O)[C@@]23c2ccccc2)c1O. The van der Waals surface area contributed by atoms with Crippen LogP contribution in [0.2, 0.25) is 0 Å². The highest BCUT2D eigenvalue weighted by Gasteiger charge is 2.66. The van der Waals surface area contributed by atoms with Gasteiger partial charge in [-0.3, -0.25) is 29.3 Å². The number of nitrogens with zero attached hydrogens (tertiary/aromatic N) is 2. The molecule has 1 heterocycles. The van der Waals surface area contributed by atoms with Gasteiger partial charge in [0.2, 0.25) is 11.8 Å². The van der Waals surface area contributed by atoms with Gasteiger partial charge in [0.05, 0.1) is 35.0 Å². The number of non-ortho nitro benzene ring substituents is 1. The van der Waals surface area contributed by atoms with E-state index >= 15 is 9.59 Å². The minimum atomic E-state index is -1.51. The van der Waals surface area contributed by atoms with Gasteiger partial charge in [0.25, 0.3) is 5.69 Å². The van der Waals surface area contributed by atoms with Crippen LogP contribution in [0.25, 0.3) is 5.57 Å². The second-order valence-electron chi connectivity index (χ2n) is 13.5. The summed E-state index contributed by atoms with van der Waals surface area (Å²) >= 11 is 0. The number of phenols is 1. The van der Waals surface area contributed by atoms with E-state index in [4.69, 9.17) is 4.74 Å². The first-order valence-corrected chi connectivity index (χ1v) is 16.8. The molecular formula is C41H32N2O8. The van der Waals surface area contributed by atoms with Gasteiger partial charge in [0.15, 0.2) is 23.1 Å². The Morgan fingerprint density at radius 3 is 2.27 bits per heavy atom. The summed E-state index contributed by atoms with van der Waals surface area (Å²) in [4.78, 5) is 70.7. The number of Topliss-reactive ketones (excluding diaryl/α,β-unsaturated/α-hetero) is 1. The van der Waals surface area contributed by atoms with Crippen LogP contribution in [0.3, 0.4) is 0 Å². The summed E-state index contributed by atoms with van der Waals surface area (Å²) in [5, 5.41) is 23.4. The number of nitro groups is 1. The van der Waals surface area contributed by atoms with Crippen molar-refractivity contribution in [3.63, 3.8) is 0 Å². The molecule has 1 N–H and O–H groups in total. The van der Waals surface area contributed by atoms with E-state index in [1.165, 1.54) is 37.5 Å². The molecular weight excluding hydrogens is 648 g/mol. The molecule has 4 aromatic rings. The molecule has 3 aliphatic carbocycles. The van der Waals surface area contributed by atoms with Crippen molar-refractivity contribution >= 4 is 40.3 Å². The number of imide groups is 1. The van der Waals surface area contributed by atoms with Crippen molar-refractivity contribution in [3.8, 4) is 11.5 Å². The molecule has 2 amide bonds. The van der Waals surface area contributed by atoms with Crippen molar-refractivity contribution in [2.24, 2.45) is 23.7 Å². The van der Waals surface area contributed by atoms with Gasteiger partial charge in [-0.05, 0) is 48.1 Å². The van der Waals surface area contributed by atoms with E-state index in [1.807, 2.05) is 42.5 Å². The minimum absolute atomic E-state index is 0.0830. The fourth-order valence-electron chi connectivity index (χ4n) is 9.16. The molecule has 10 nitrogen and oxygen atoms in total. The van der Waals surface area contributed by atoms with Crippen molar-refractivity contribution in [1.29, 1.82) is 0 Å². The Kier molecular flexibility index (Phi) is 7.55. The first-order chi connectivity index (χ1) is 24.7. The predicted octanol–water partition coefficient (Wildman–Crippen LogP) is 6.34. The van der Waals surface area contributed by atoms with Crippen LogP contribution in [0.5, 0.6) is 11.5 Å². The topological polar surface area (TPSA) is 144 Å². The second kappa shape index (κ2) is 12.0. The fourth-order valence-corrected chi connectivity index (χ4v) is 9.16. The van der Waals surface area contributed by atoms with Crippen molar-refractivity contribution in [2.75, 3.05) is 12.0 Å². The molecule has 2 fully saturated rings. The molecule has 6 atom stereocenters. The van der Waals surface area contributed by atoms with Gasteiger partial charge in [0, 0.05) is 35.1 Å². The third-order valence-electron chi connectivity index (χ3n) is 11.2. The standard InChI is InChI=1S/C41H32N2O8/c1-51-33-17-9-16-29(38(33)46)36-27-18-19-28-35(40(48)42(39(28)47)25-14-8-15-26(20-25)43(49)50)31(27)21-32-37(45)30(23-10-4-2-5-11-23)22-34(44)41(32,36)24-12-6-3-7-13-24/h2-18,20,22,28,31-32,35-36,46H,19,21H2,1H3/t28-,31+,32-,35-,36+,41-/m0/s1. The molecule has 4 aromatic carbocycles. The van der Waals surface area contributed by atoms with Crippen LogP contribution in [0.1, 0.15) is 35.4 Å². The Hall–Kier alpha value is -6.16. The number of hydrogen-bond acceptors (Lipinski definition) is 8.